The van der Waals surface area contributed by atoms with Gasteiger partial charge in [0.2, 0.25) is 0 Å². The Morgan fingerprint density at radius 3 is 2.67 bits per heavy atom. The number of pyridine rings is 1. The Morgan fingerprint density at radius 2 is 2.00 bits per heavy atom. The van der Waals surface area contributed by atoms with E-state index in [4.69, 9.17) is 0 Å². The van der Waals surface area contributed by atoms with Crippen molar-refractivity contribution in [2.75, 3.05) is 5.32 Å². The largest absolute Gasteiger partial charge is 0.377 e. The second-order valence-electron chi connectivity index (χ2n) is 4.29. The zero-order chi connectivity index (χ0) is 12.8. The van der Waals surface area contributed by atoms with Crippen molar-refractivity contribution in [3.05, 3.63) is 58.8 Å². The molecule has 2 aromatic rings. The monoisotopic (exact) mass is 304 g/mol. The van der Waals surface area contributed by atoms with E-state index in [1.807, 2.05) is 12.3 Å². The van der Waals surface area contributed by atoms with Gasteiger partial charge in [-0.2, -0.15) is 0 Å². The van der Waals surface area contributed by atoms with Crippen molar-refractivity contribution in [1.82, 2.24) is 4.98 Å². The molecule has 1 atom stereocenters. The standard InChI is InChI=1S/C15H17BrN2/c1-2-6-15(12-7-4-3-5-8-12)18-14-9-13(16)10-17-11-14/h3-5,7-11,15,18H,2,6H2,1H3. The van der Waals surface area contributed by atoms with Crippen molar-refractivity contribution in [2.24, 2.45) is 0 Å². The molecule has 1 heterocycles. The first-order valence-electron chi connectivity index (χ1n) is 6.21. The predicted octanol–water partition coefficient (Wildman–Crippen LogP) is 4.80. The minimum absolute atomic E-state index is 0.340. The van der Waals surface area contributed by atoms with Crippen LogP contribution in [0.1, 0.15) is 31.4 Å². The number of nitrogens with one attached hydrogen (secondary N) is 1. The number of rotatable bonds is 5. The summed E-state index contributed by atoms with van der Waals surface area (Å²) in [7, 11) is 0. The molecular weight excluding hydrogens is 288 g/mol. The number of benzene rings is 1. The van der Waals surface area contributed by atoms with Crippen molar-refractivity contribution < 1.29 is 0 Å². The lowest BCUT2D eigenvalue weighted by atomic mass is 10.0. The maximum atomic E-state index is 4.18. The maximum absolute atomic E-state index is 4.18. The first-order valence-corrected chi connectivity index (χ1v) is 7.01. The Kier molecular flexibility index (Phi) is 4.76. The summed E-state index contributed by atoms with van der Waals surface area (Å²) in [6.45, 7) is 2.21. The average molecular weight is 305 g/mol. The van der Waals surface area contributed by atoms with Crippen LogP contribution in [0.3, 0.4) is 0 Å². The molecule has 1 aromatic heterocycles. The summed E-state index contributed by atoms with van der Waals surface area (Å²) in [4.78, 5) is 4.18. The second-order valence-corrected chi connectivity index (χ2v) is 5.20. The third-order valence-corrected chi connectivity index (χ3v) is 3.26. The van der Waals surface area contributed by atoms with E-state index in [0.29, 0.717) is 6.04 Å². The lowest BCUT2D eigenvalue weighted by molar-refractivity contribution is 0.677. The van der Waals surface area contributed by atoms with Crippen LogP contribution < -0.4 is 5.32 Å². The minimum Gasteiger partial charge on any atom is -0.377 e. The molecule has 0 fully saturated rings. The number of aromatic nitrogens is 1. The summed E-state index contributed by atoms with van der Waals surface area (Å²) >= 11 is 3.44. The third-order valence-electron chi connectivity index (χ3n) is 2.83. The molecule has 0 amide bonds. The van der Waals surface area contributed by atoms with E-state index in [1.165, 1.54) is 5.56 Å². The van der Waals surface area contributed by atoms with Crippen LogP contribution in [0.2, 0.25) is 0 Å². The van der Waals surface area contributed by atoms with Crippen molar-refractivity contribution in [2.45, 2.75) is 25.8 Å². The molecule has 2 rings (SSSR count). The fourth-order valence-electron chi connectivity index (χ4n) is 1.99. The van der Waals surface area contributed by atoms with Gasteiger partial charge in [0, 0.05) is 10.7 Å². The smallest absolute Gasteiger partial charge is 0.0542 e. The van der Waals surface area contributed by atoms with Crippen LogP contribution in [-0.4, -0.2) is 4.98 Å². The van der Waals surface area contributed by atoms with E-state index in [9.17, 15) is 0 Å². The lowest BCUT2D eigenvalue weighted by Crippen LogP contribution is -2.10. The first-order chi connectivity index (χ1) is 8.79. The van der Waals surface area contributed by atoms with E-state index >= 15 is 0 Å². The SMILES string of the molecule is CCCC(Nc1cncc(Br)c1)c1ccccc1. The van der Waals surface area contributed by atoms with Crippen LogP contribution in [0.4, 0.5) is 5.69 Å². The van der Waals surface area contributed by atoms with E-state index < -0.39 is 0 Å². The highest BCUT2D eigenvalue weighted by Gasteiger charge is 2.10. The molecule has 1 aromatic carbocycles. The molecular formula is C15H17BrN2. The van der Waals surface area contributed by atoms with Gasteiger partial charge in [0.05, 0.1) is 17.9 Å². The molecule has 0 saturated carbocycles. The Labute approximate surface area is 117 Å². The van der Waals surface area contributed by atoms with Gasteiger partial charge in [0.25, 0.3) is 0 Å². The Morgan fingerprint density at radius 1 is 1.22 bits per heavy atom. The van der Waals surface area contributed by atoms with Crippen LogP contribution >= 0.6 is 15.9 Å². The minimum atomic E-state index is 0.340. The molecule has 0 saturated heterocycles. The first kappa shape index (κ1) is 13.1. The highest BCUT2D eigenvalue weighted by molar-refractivity contribution is 9.10. The number of hydrogen-bond acceptors (Lipinski definition) is 2. The fourth-order valence-corrected chi connectivity index (χ4v) is 2.35. The van der Waals surface area contributed by atoms with Crippen LogP contribution in [0.15, 0.2) is 53.3 Å². The van der Waals surface area contributed by atoms with Crippen molar-refractivity contribution in [3.63, 3.8) is 0 Å². The highest BCUT2D eigenvalue weighted by Crippen LogP contribution is 2.24. The van der Waals surface area contributed by atoms with Gasteiger partial charge in [0.15, 0.2) is 0 Å². The maximum Gasteiger partial charge on any atom is 0.0542 e. The van der Waals surface area contributed by atoms with E-state index in [1.54, 1.807) is 6.20 Å². The molecule has 0 spiro atoms. The Hall–Kier alpha value is -1.35. The zero-order valence-corrected chi connectivity index (χ0v) is 12.0. The normalized spacial score (nSPS) is 12.1. The number of anilines is 1. The van der Waals surface area contributed by atoms with Gasteiger partial charge < -0.3 is 5.32 Å². The summed E-state index contributed by atoms with van der Waals surface area (Å²) in [6.07, 6.45) is 5.91. The molecule has 0 aliphatic heterocycles. The van der Waals surface area contributed by atoms with Crippen LogP contribution in [0.25, 0.3) is 0 Å². The molecule has 94 valence electrons. The summed E-state index contributed by atoms with van der Waals surface area (Å²) in [6, 6.07) is 12.9. The van der Waals surface area contributed by atoms with Gasteiger partial charge in [-0.3, -0.25) is 4.98 Å². The van der Waals surface area contributed by atoms with Crippen molar-refractivity contribution >= 4 is 21.6 Å². The number of nitrogens with zero attached hydrogens (tertiary/aromatic N) is 1. The van der Waals surface area contributed by atoms with Gasteiger partial charge in [0.1, 0.15) is 0 Å². The lowest BCUT2D eigenvalue weighted by Gasteiger charge is -2.19. The van der Waals surface area contributed by atoms with Crippen LogP contribution in [0, 0.1) is 0 Å². The Balaban J connectivity index is 2.16. The van der Waals surface area contributed by atoms with E-state index in [2.05, 4.69) is 63.5 Å². The third kappa shape index (κ3) is 3.57. The quantitative estimate of drug-likeness (QED) is 0.858. The molecule has 2 nitrogen and oxygen atoms in total. The van der Waals surface area contributed by atoms with Gasteiger partial charge in [-0.05, 0) is 34.0 Å². The van der Waals surface area contributed by atoms with Crippen molar-refractivity contribution in [1.29, 1.82) is 0 Å². The summed E-state index contributed by atoms with van der Waals surface area (Å²) in [5, 5.41) is 3.54. The summed E-state index contributed by atoms with van der Waals surface area (Å²) < 4.78 is 0.996. The molecule has 0 radical (unpaired) electrons. The van der Waals surface area contributed by atoms with Gasteiger partial charge in [-0.25, -0.2) is 0 Å². The predicted molar refractivity (Wildman–Crippen MR) is 79.7 cm³/mol. The van der Waals surface area contributed by atoms with Crippen LogP contribution in [0.5, 0.6) is 0 Å². The number of halogens is 1. The molecule has 18 heavy (non-hydrogen) atoms. The molecule has 0 bridgehead atoms. The average Bonchev–Trinajstić information content (AvgIpc) is 2.39. The van der Waals surface area contributed by atoms with Gasteiger partial charge >= 0.3 is 0 Å². The summed E-state index contributed by atoms with van der Waals surface area (Å²) in [5.41, 5.74) is 2.37. The van der Waals surface area contributed by atoms with Crippen LogP contribution in [-0.2, 0) is 0 Å². The zero-order valence-electron chi connectivity index (χ0n) is 10.4. The van der Waals surface area contributed by atoms with Gasteiger partial charge in [-0.15, -0.1) is 0 Å². The highest BCUT2D eigenvalue weighted by atomic mass is 79.9. The van der Waals surface area contributed by atoms with Gasteiger partial charge in [-0.1, -0.05) is 43.7 Å². The fraction of sp³-hybridized carbons (Fsp3) is 0.267. The molecule has 1 N–H and O–H groups in total. The summed E-state index contributed by atoms with van der Waals surface area (Å²) in [5.74, 6) is 0. The topological polar surface area (TPSA) is 24.9 Å². The second kappa shape index (κ2) is 6.55. The van der Waals surface area contributed by atoms with E-state index in [-0.39, 0.29) is 0 Å². The molecule has 0 aliphatic carbocycles. The molecule has 1 unspecified atom stereocenters. The molecule has 0 aliphatic rings. The molecule has 3 heteroatoms. The van der Waals surface area contributed by atoms with E-state index in [0.717, 1.165) is 23.0 Å². The number of hydrogen-bond donors (Lipinski definition) is 1. The Bertz CT molecular complexity index is 485. The van der Waals surface area contributed by atoms with Crippen molar-refractivity contribution in [3.8, 4) is 0 Å².